The van der Waals surface area contributed by atoms with Crippen LogP contribution in [0.3, 0.4) is 0 Å². The summed E-state index contributed by atoms with van der Waals surface area (Å²) >= 11 is 0. The van der Waals surface area contributed by atoms with Crippen LogP contribution in [0.4, 0.5) is 5.82 Å². The number of nitrogens with one attached hydrogen (secondary N) is 3. The van der Waals surface area contributed by atoms with Gasteiger partial charge in [-0.1, -0.05) is 0 Å². The molecule has 0 aromatic carbocycles. The summed E-state index contributed by atoms with van der Waals surface area (Å²) in [5, 5.41) is 12.0. The first-order valence-electron chi connectivity index (χ1n) is 5.05. The fraction of sp³-hybridized carbons (Fsp3) is 0.200. The maximum Gasteiger partial charge on any atom is 0.271 e. The number of amides is 1. The van der Waals surface area contributed by atoms with E-state index in [9.17, 15) is 4.79 Å². The van der Waals surface area contributed by atoms with Gasteiger partial charge in [-0.2, -0.15) is 5.10 Å². The van der Waals surface area contributed by atoms with Crippen molar-refractivity contribution in [2.45, 2.75) is 6.54 Å². The lowest BCUT2D eigenvalue weighted by Crippen LogP contribution is -2.23. The summed E-state index contributed by atoms with van der Waals surface area (Å²) in [4.78, 5) is 19.7. The van der Waals surface area contributed by atoms with Crippen LogP contribution in [0, 0.1) is 0 Å². The van der Waals surface area contributed by atoms with Crippen molar-refractivity contribution in [1.82, 2.24) is 25.5 Å². The number of hydrogen-bond donors (Lipinski definition) is 3. The molecule has 88 valence electrons. The third-order valence-electron chi connectivity index (χ3n) is 2.15. The average Bonchev–Trinajstić information content (AvgIpc) is 2.89. The first-order chi connectivity index (χ1) is 8.29. The third kappa shape index (κ3) is 2.77. The molecule has 0 bridgehead atoms. The quantitative estimate of drug-likeness (QED) is 0.698. The molecular formula is C10H12N6O. The fourth-order valence-corrected chi connectivity index (χ4v) is 1.22. The summed E-state index contributed by atoms with van der Waals surface area (Å²) in [6, 6.07) is 0. The minimum atomic E-state index is -0.263. The average molecular weight is 232 g/mol. The molecule has 0 atom stereocenters. The number of carbonyl (C=O) groups excluding carboxylic acids is 1. The summed E-state index contributed by atoms with van der Waals surface area (Å²) in [6.07, 6.45) is 6.30. The van der Waals surface area contributed by atoms with Gasteiger partial charge in [0, 0.05) is 25.4 Å². The number of H-pyrrole nitrogens is 1. The molecule has 7 nitrogen and oxygen atoms in total. The fourth-order valence-electron chi connectivity index (χ4n) is 1.22. The van der Waals surface area contributed by atoms with Crippen LogP contribution in [0.5, 0.6) is 0 Å². The van der Waals surface area contributed by atoms with Crippen molar-refractivity contribution in [2.75, 3.05) is 12.4 Å². The van der Waals surface area contributed by atoms with Crippen LogP contribution >= 0.6 is 0 Å². The summed E-state index contributed by atoms with van der Waals surface area (Å²) < 4.78 is 0. The Balaban J connectivity index is 1.95. The molecule has 0 aliphatic rings. The van der Waals surface area contributed by atoms with Crippen molar-refractivity contribution in [3.8, 4) is 0 Å². The molecule has 0 spiro atoms. The van der Waals surface area contributed by atoms with E-state index in [2.05, 4.69) is 30.8 Å². The molecule has 0 saturated carbocycles. The molecule has 0 saturated heterocycles. The van der Waals surface area contributed by atoms with Crippen molar-refractivity contribution in [3.63, 3.8) is 0 Å². The van der Waals surface area contributed by atoms with E-state index >= 15 is 0 Å². The molecule has 0 fully saturated rings. The highest BCUT2D eigenvalue weighted by Gasteiger charge is 2.07. The summed E-state index contributed by atoms with van der Waals surface area (Å²) in [6.45, 7) is 0.408. The molecule has 0 aliphatic carbocycles. The van der Waals surface area contributed by atoms with Crippen LogP contribution in [0.15, 0.2) is 24.8 Å². The molecule has 1 amide bonds. The highest BCUT2D eigenvalue weighted by Crippen LogP contribution is 2.00. The van der Waals surface area contributed by atoms with Crippen molar-refractivity contribution in [3.05, 3.63) is 36.0 Å². The summed E-state index contributed by atoms with van der Waals surface area (Å²) in [7, 11) is 1.74. The first-order valence-corrected chi connectivity index (χ1v) is 5.05. The van der Waals surface area contributed by atoms with Crippen molar-refractivity contribution in [2.24, 2.45) is 0 Å². The molecule has 2 aromatic rings. The zero-order valence-electron chi connectivity index (χ0n) is 9.27. The Morgan fingerprint density at radius 3 is 2.82 bits per heavy atom. The van der Waals surface area contributed by atoms with E-state index in [0.29, 0.717) is 12.4 Å². The van der Waals surface area contributed by atoms with Gasteiger partial charge >= 0.3 is 0 Å². The Bertz CT molecular complexity index is 478. The Hall–Kier alpha value is -2.44. The topological polar surface area (TPSA) is 95.6 Å². The van der Waals surface area contributed by atoms with Crippen LogP contribution in [0.1, 0.15) is 16.1 Å². The normalized spacial score (nSPS) is 9.94. The van der Waals surface area contributed by atoms with Gasteiger partial charge in [0.25, 0.3) is 5.91 Å². The largest absolute Gasteiger partial charge is 0.372 e. The summed E-state index contributed by atoms with van der Waals surface area (Å²) in [5.74, 6) is 0.359. The number of rotatable bonds is 4. The molecule has 2 aromatic heterocycles. The van der Waals surface area contributed by atoms with Crippen LogP contribution in [0.25, 0.3) is 0 Å². The van der Waals surface area contributed by atoms with Crippen molar-refractivity contribution >= 4 is 11.7 Å². The van der Waals surface area contributed by atoms with Gasteiger partial charge in [0.1, 0.15) is 11.5 Å². The Morgan fingerprint density at radius 1 is 1.35 bits per heavy atom. The maximum absolute atomic E-state index is 11.7. The van der Waals surface area contributed by atoms with Crippen LogP contribution in [0.2, 0.25) is 0 Å². The predicted octanol–water partition coefficient (Wildman–Crippen LogP) is 0.171. The van der Waals surface area contributed by atoms with E-state index in [4.69, 9.17) is 0 Å². The van der Waals surface area contributed by atoms with E-state index < -0.39 is 0 Å². The van der Waals surface area contributed by atoms with Gasteiger partial charge in [-0.15, -0.1) is 0 Å². The second-order valence-corrected chi connectivity index (χ2v) is 3.33. The number of carbonyl (C=O) groups is 1. The Kier molecular flexibility index (Phi) is 3.29. The van der Waals surface area contributed by atoms with Gasteiger partial charge in [0.15, 0.2) is 0 Å². The zero-order valence-corrected chi connectivity index (χ0v) is 9.27. The zero-order chi connectivity index (χ0) is 12.1. The summed E-state index contributed by atoms with van der Waals surface area (Å²) in [5.41, 5.74) is 1.19. The van der Waals surface area contributed by atoms with Gasteiger partial charge in [-0.3, -0.25) is 9.89 Å². The minimum absolute atomic E-state index is 0.263. The maximum atomic E-state index is 11.7. The Morgan fingerprint density at radius 2 is 2.24 bits per heavy atom. The second-order valence-electron chi connectivity index (χ2n) is 3.33. The van der Waals surface area contributed by atoms with Crippen molar-refractivity contribution in [1.29, 1.82) is 0 Å². The monoisotopic (exact) mass is 232 g/mol. The van der Waals surface area contributed by atoms with Crippen LogP contribution in [-0.2, 0) is 6.54 Å². The third-order valence-corrected chi connectivity index (χ3v) is 2.15. The number of aromatic nitrogens is 4. The van der Waals surface area contributed by atoms with Gasteiger partial charge in [0.2, 0.25) is 0 Å². The number of hydrogen-bond acceptors (Lipinski definition) is 5. The van der Waals surface area contributed by atoms with Crippen LogP contribution < -0.4 is 10.6 Å². The smallest absolute Gasteiger partial charge is 0.271 e. The molecular weight excluding hydrogens is 220 g/mol. The predicted molar refractivity (Wildman–Crippen MR) is 61.3 cm³/mol. The Labute approximate surface area is 97.7 Å². The molecule has 7 heteroatoms. The van der Waals surface area contributed by atoms with E-state index in [0.717, 1.165) is 5.56 Å². The molecule has 0 aliphatic heterocycles. The molecule has 0 unspecified atom stereocenters. The molecule has 2 rings (SSSR count). The number of aromatic amines is 1. The first kappa shape index (κ1) is 11.1. The number of nitrogens with zero attached hydrogens (tertiary/aromatic N) is 3. The molecule has 17 heavy (non-hydrogen) atoms. The lowest BCUT2D eigenvalue weighted by atomic mass is 10.3. The van der Waals surface area contributed by atoms with Gasteiger partial charge in [-0.25, -0.2) is 9.97 Å². The van der Waals surface area contributed by atoms with E-state index in [-0.39, 0.29) is 11.6 Å². The highest BCUT2D eigenvalue weighted by molar-refractivity contribution is 5.91. The standard InChI is InChI=1S/C10H12N6O/c1-11-9-6-12-8(5-13-9)10(17)14-2-7-3-15-16-4-7/h3-6H,2H2,1H3,(H,11,13)(H,14,17)(H,15,16). The number of anilines is 1. The molecule has 2 heterocycles. The second kappa shape index (κ2) is 5.06. The van der Waals surface area contributed by atoms with Gasteiger partial charge in [-0.05, 0) is 0 Å². The van der Waals surface area contributed by atoms with Gasteiger partial charge < -0.3 is 10.6 Å². The highest BCUT2D eigenvalue weighted by atomic mass is 16.1. The molecule has 0 radical (unpaired) electrons. The van der Waals surface area contributed by atoms with Gasteiger partial charge in [0.05, 0.1) is 18.6 Å². The molecule has 3 N–H and O–H groups in total. The SMILES string of the molecule is CNc1cnc(C(=O)NCc2cn[nH]c2)cn1. The lowest BCUT2D eigenvalue weighted by molar-refractivity contribution is 0.0945. The minimum Gasteiger partial charge on any atom is -0.372 e. The lowest BCUT2D eigenvalue weighted by Gasteiger charge is -2.03. The van der Waals surface area contributed by atoms with E-state index in [1.165, 1.54) is 12.4 Å². The van der Waals surface area contributed by atoms with E-state index in [1.807, 2.05) is 0 Å². The van der Waals surface area contributed by atoms with Crippen LogP contribution in [-0.4, -0.2) is 33.1 Å². The van der Waals surface area contributed by atoms with E-state index in [1.54, 1.807) is 19.4 Å². The van der Waals surface area contributed by atoms with Crippen molar-refractivity contribution < 1.29 is 4.79 Å².